The van der Waals surface area contributed by atoms with Gasteiger partial charge in [-0.3, -0.25) is 4.79 Å². The zero-order valence-corrected chi connectivity index (χ0v) is 14.6. The molecule has 1 aliphatic rings. The summed E-state index contributed by atoms with van der Waals surface area (Å²) in [5, 5.41) is 14.5. The zero-order chi connectivity index (χ0) is 17.2. The third-order valence-electron chi connectivity index (χ3n) is 4.16. The summed E-state index contributed by atoms with van der Waals surface area (Å²) in [4.78, 5) is 17.4. The van der Waals surface area contributed by atoms with E-state index in [9.17, 15) is 4.79 Å². The lowest BCUT2D eigenvalue weighted by molar-refractivity contribution is 0.0736. The normalized spacial score (nSPS) is 14.8. The largest absolute Gasteiger partial charge is 0.361 e. The molecule has 1 amide bonds. The number of anilines is 1. The Hall–Kier alpha value is -2.74. The molecule has 4 heterocycles. The number of carbonyl (C=O) groups is 1. The quantitative estimate of drug-likeness (QED) is 0.718. The fourth-order valence-electron chi connectivity index (χ4n) is 2.82. The molecule has 1 fully saturated rings. The van der Waals surface area contributed by atoms with E-state index in [1.54, 1.807) is 29.2 Å². The molecule has 0 bridgehead atoms. The van der Waals surface area contributed by atoms with Gasteiger partial charge in [-0.15, -0.1) is 21.5 Å². The van der Waals surface area contributed by atoms with Crippen LogP contribution in [0.4, 0.5) is 5.82 Å². The molecule has 0 aromatic carbocycles. The lowest BCUT2D eigenvalue weighted by Crippen LogP contribution is -2.49. The van der Waals surface area contributed by atoms with Crippen molar-refractivity contribution in [3.8, 4) is 10.6 Å². The van der Waals surface area contributed by atoms with Crippen LogP contribution >= 0.6 is 11.3 Å². The predicted molar refractivity (Wildman–Crippen MR) is 94.7 cm³/mol. The van der Waals surface area contributed by atoms with Crippen molar-refractivity contribution in [1.82, 2.24) is 20.3 Å². The van der Waals surface area contributed by atoms with Crippen LogP contribution in [-0.4, -0.2) is 52.3 Å². The Morgan fingerprint density at radius 2 is 2.00 bits per heavy atom. The third-order valence-corrected chi connectivity index (χ3v) is 5.05. The number of nitrogens with zero attached hydrogens (tertiary/aromatic N) is 5. The molecule has 0 aliphatic carbocycles. The second-order valence-electron chi connectivity index (χ2n) is 5.86. The molecule has 0 saturated carbocycles. The number of hydrogen-bond acceptors (Lipinski definition) is 7. The molecule has 25 heavy (non-hydrogen) atoms. The van der Waals surface area contributed by atoms with Gasteiger partial charge in [-0.2, -0.15) is 0 Å². The van der Waals surface area contributed by atoms with Crippen molar-refractivity contribution in [1.29, 1.82) is 0 Å². The third kappa shape index (κ3) is 3.25. The number of aromatic nitrogens is 3. The van der Waals surface area contributed by atoms with E-state index in [1.807, 2.05) is 29.6 Å². The Bertz CT molecular complexity index is 852. The minimum absolute atomic E-state index is 0.0874. The number of hydrogen-bond donors (Lipinski definition) is 0. The number of rotatable bonds is 3. The molecule has 7 nitrogen and oxygen atoms in total. The van der Waals surface area contributed by atoms with Gasteiger partial charge in [-0.25, -0.2) is 0 Å². The van der Waals surface area contributed by atoms with Crippen LogP contribution in [0.3, 0.4) is 0 Å². The van der Waals surface area contributed by atoms with Crippen LogP contribution in [0.1, 0.15) is 16.2 Å². The first-order chi connectivity index (χ1) is 12.2. The molecule has 0 N–H and O–H groups in total. The van der Waals surface area contributed by atoms with Crippen molar-refractivity contribution in [3.05, 3.63) is 47.2 Å². The molecule has 3 aromatic rings. The van der Waals surface area contributed by atoms with Crippen molar-refractivity contribution in [2.75, 3.05) is 31.1 Å². The van der Waals surface area contributed by atoms with Crippen molar-refractivity contribution in [3.63, 3.8) is 0 Å². The average Bonchev–Trinajstić information content (AvgIpc) is 3.33. The van der Waals surface area contributed by atoms with Crippen LogP contribution in [0, 0.1) is 6.92 Å². The molecule has 1 saturated heterocycles. The van der Waals surface area contributed by atoms with E-state index in [0.29, 0.717) is 24.5 Å². The Morgan fingerprint density at radius 3 is 2.60 bits per heavy atom. The Morgan fingerprint density at radius 1 is 1.16 bits per heavy atom. The van der Waals surface area contributed by atoms with Gasteiger partial charge in [0.05, 0.1) is 4.88 Å². The summed E-state index contributed by atoms with van der Waals surface area (Å²) in [6, 6.07) is 9.68. The molecular formula is C17H17N5O2S. The van der Waals surface area contributed by atoms with E-state index in [-0.39, 0.29) is 5.91 Å². The molecular weight excluding hydrogens is 338 g/mol. The molecule has 8 heteroatoms. The number of thiophene rings is 1. The Balaban J connectivity index is 1.39. The second kappa shape index (κ2) is 6.64. The van der Waals surface area contributed by atoms with Crippen LogP contribution in [0.5, 0.6) is 0 Å². The first-order valence-electron chi connectivity index (χ1n) is 8.06. The number of piperazine rings is 1. The van der Waals surface area contributed by atoms with E-state index in [1.165, 1.54) is 0 Å². The van der Waals surface area contributed by atoms with E-state index < -0.39 is 0 Å². The summed E-state index contributed by atoms with van der Waals surface area (Å²) >= 11 is 1.65. The smallest absolute Gasteiger partial charge is 0.276 e. The molecule has 1 aliphatic heterocycles. The van der Waals surface area contributed by atoms with E-state index in [4.69, 9.17) is 4.52 Å². The molecule has 4 rings (SSSR count). The van der Waals surface area contributed by atoms with Gasteiger partial charge in [0.25, 0.3) is 5.91 Å². The fourth-order valence-corrected chi connectivity index (χ4v) is 3.51. The summed E-state index contributed by atoms with van der Waals surface area (Å²) in [6.45, 7) is 4.46. The predicted octanol–water partition coefficient (Wildman–Crippen LogP) is 2.46. The summed E-state index contributed by atoms with van der Waals surface area (Å²) in [5.74, 6) is 1.39. The van der Waals surface area contributed by atoms with Gasteiger partial charge < -0.3 is 14.3 Å². The summed E-state index contributed by atoms with van der Waals surface area (Å²) in [6.07, 6.45) is 0. The first kappa shape index (κ1) is 15.8. The van der Waals surface area contributed by atoms with Gasteiger partial charge >= 0.3 is 0 Å². The molecule has 0 spiro atoms. The van der Waals surface area contributed by atoms with Crippen LogP contribution in [0.15, 0.2) is 40.2 Å². The van der Waals surface area contributed by atoms with Crippen LogP contribution in [0.25, 0.3) is 10.6 Å². The minimum atomic E-state index is -0.0874. The SMILES string of the molecule is Cc1cc(C(=O)N2CCN(c3ccc(-c4cccs4)nn3)CC2)no1. The highest BCUT2D eigenvalue weighted by atomic mass is 32.1. The fraction of sp³-hybridized carbons (Fsp3) is 0.294. The van der Waals surface area contributed by atoms with Crippen LogP contribution in [-0.2, 0) is 0 Å². The number of aryl methyl sites for hydroxylation is 1. The average molecular weight is 355 g/mol. The van der Waals surface area contributed by atoms with Gasteiger partial charge in [0.2, 0.25) is 0 Å². The lowest BCUT2D eigenvalue weighted by atomic mass is 10.2. The van der Waals surface area contributed by atoms with Crippen molar-refractivity contribution >= 4 is 23.1 Å². The van der Waals surface area contributed by atoms with Gasteiger partial charge in [0, 0.05) is 32.2 Å². The van der Waals surface area contributed by atoms with Crippen molar-refractivity contribution in [2.24, 2.45) is 0 Å². The maximum atomic E-state index is 12.4. The number of carbonyl (C=O) groups excluding carboxylic acids is 1. The van der Waals surface area contributed by atoms with Gasteiger partial charge in [-0.05, 0) is 30.5 Å². The van der Waals surface area contributed by atoms with Crippen LogP contribution in [0.2, 0.25) is 0 Å². The molecule has 3 aromatic heterocycles. The lowest BCUT2D eigenvalue weighted by Gasteiger charge is -2.34. The van der Waals surface area contributed by atoms with Crippen LogP contribution < -0.4 is 4.90 Å². The van der Waals surface area contributed by atoms with E-state index in [0.717, 1.165) is 29.5 Å². The highest BCUT2D eigenvalue weighted by Gasteiger charge is 2.25. The van der Waals surface area contributed by atoms with Gasteiger partial charge in [-0.1, -0.05) is 11.2 Å². The molecule has 0 unspecified atom stereocenters. The maximum Gasteiger partial charge on any atom is 0.276 e. The first-order valence-corrected chi connectivity index (χ1v) is 8.94. The number of amides is 1. The second-order valence-corrected chi connectivity index (χ2v) is 6.80. The maximum absolute atomic E-state index is 12.4. The van der Waals surface area contributed by atoms with Gasteiger partial charge in [0.1, 0.15) is 11.5 Å². The summed E-state index contributed by atoms with van der Waals surface area (Å²) in [7, 11) is 0. The van der Waals surface area contributed by atoms with E-state index in [2.05, 4.69) is 20.3 Å². The molecule has 128 valence electrons. The van der Waals surface area contributed by atoms with E-state index >= 15 is 0 Å². The highest BCUT2D eigenvalue weighted by molar-refractivity contribution is 7.13. The molecule has 0 atom stereocenters. The Labute approximate surface area is 148 Å². The standard InChI is InChI=1S/C17H17N5O2S/c1-12-11-14(20-24-12)17(23)22-8-6-21(7-9-22)16-5-4-13(18-19-16)15-3-2-10-25-15/h2-5,10-11H,6-9H2,1H3. The summed E-state index contributed by atoms with van der Waals surface area (Å²) in [5.41, 5.74) is 1.25. The van der Waals surface area contributed by atoms with Crippen molar-refractivity contribution in [2.45, 2.75) is 6.92 Å². The van der Waals surface area contributed by atoms with Crippen molar-refractivity contribution < 1.29 is 9.32 Å². The summed E-state index contributed by atoms with van der Waals surface area (Å²) < 4.78 is 4.98. The molecule has 0 radical (unpaired) electrons. The zero-order valence-electron chi connectivity index (χ0n) is 13.8. The monoisotopic (exact) mass is 355 g/mol. The Kier molecular flexibility index (Phi) is 4.19. The van der Waals surface area contributed by atoms with Gasteiger partial charge in [0.15, 0.2) is 11.5 Å². The topological polar surface area (TPSA) is 75.4 Å². The minimum Gasteiger partial charge on any atom is -0.361 e. The highest BCUT2D eigenvalue weighted by Crippen LogP contribution is 2.23.